The van der Waals surface area contributed by atoms with E-state index in [9.17, 15) is 14.7 Å². The molecule has 1 aliphatic carbocycles. The summed E-state index contributed by atoms with van der Waals surface area (Å²) >= 11 is 1.21. The summed E-state index contributed by atoms with van der Waals surface area (Å²) in [5, 5.41) is 8.63. The number of aliphatic carboxylic acids is 1. The zero-order valence-corrected chi connectivity index (χ0v) is 11.4. The Morgan fingerprint density at radius 2 is 2.00 bits per heavy atom. The van der Waals surface area contributed by atoms with Gasteiger partial charge in [-0.05, 0) is 36.0 Å². The first-order valence-corrected chi connectivity index (χ1v) is 7.73. The maximum Gasteiger partial charge on any atom is 0.321 e. The summed E-state index contributed by atoms with van der Waals surface area (Å²) in [7, 11) is 0. The van der Waals surface area contributed by atoms with Gasteiger partial charge in [0.25, 0.3) is 0 Å². The summed E-state index contributed by atoms with van der Waals surface area (Å²) in [6.07, 6.45) is 4.88. The molecule has 4 heteroatoms. The van der Waals surface area contributed by atoms with Crippen molar-refractivity contribution in [3.05, 3.63) is 34.9 Å². The molecule has 3 nitrogen and oxygen atoms in total. The predicted molar refractivity (Wildman–Crippen MR) is 74.8 cm³/mol. The highest BCUT2D eigenvalue weighted by Crippen LogP contribution is 2.40. The minimum atomic E-state index is -0.854. The summed E-state index contributed by atoms with van der Waals surface area (Å²) in [6.45, 7) is 0. The first-order chi connectivity index (χ1) is 9.16. The first kappa shape index (κ1) is 12.7. The Balaban J connectivity index is 2.00. The lowest BCUT2D eigenvalue weighted by Crippen LogP contribution is -2.21. The zero-order chi connectivity index (χ0) is 13.4. The number of thioether (sulfide) groups is 1. The van der Waals surface area contributed by atoms with E-state index in [1.54, 1.807) is 0 Å². The number of carboxylic acid groups (broad SMARTS) is 1. The summed E-state index contributed by atoms with van der Waals surface area (Å²) in [5.74, 6) is 0.0404. The van der Waals surface area contributed by atoms with Gasteiger partial charge >= 0.3 is 5.97 Å². The van der Waals surface area contributed by atoms with Gasteiger partial charge in [-0.2, -0.15) is 0 Å². The molecule has 1 aromatic rings. The Kier molecular flexibility index (Phi) is 3.35. The van der Waals surface area contributed by atoms with Gasteiger partial charge in [0.1, 0.15) is 5.25 Å². The molecule has 2 aliphatic rings. The SMILES string of the molecule is O=C1CSC(C(=O)O)c2ccc(C3CCCC3)cc21. The van der Waals surface area contributed by atoms with Crippen molar-refractivity contribution in [3.8, 4) is 0 Å². The molecule has 1 aromatic carbocycles. The van der Waals surface area contributed by atoms with Gasteiger partial charge in [0, 0.05) is 5.56 Å². The molecule has 0 amide bonds. The third-order valence-electron chi connectivity index (χ3n) is 4.09. The number of ketones is 1. The fourth-order valence-electron chi connectivity index (χ4n) is 3.09. The van der Waals surface area contributed by atoms with E-state index in [1.807, 2.05) is 18.2 Å². The highest BCUT2D eigenvalue weighted by atomic mass is 32.2. The van der Waals surface area contributed by atoms with Gasteiger partial charge in [0.15, 0.2) is 5.78 Å². The van der Waals surface area contributed by atoms with E-state index in [4.69, 9.17) is 0 Å². The molecule has 0 spiro atoms. The summed E-state index contributed by atoms with van der Waals surface area (Å²) in [6, 6.07) is 5.82. The Morgan fingerprint density at radius 1 is 1.26 bits per heavy atom. The minimum Gasteiger partial charge on any atom is -0.480 e. The molecular formula is C15H16O3S. The lowest BCUT2D eigenvalue weighted by atomic mass is 9.91. The van der Waals surface area contributed by atoms with Crippen LogP contribution in [0.5, 0.6) is 0 Å². The van der Waals surface area contributed by atoms with Crippen molar-refractivity contribution in [1.29, 1.82) is 0 Å². The van der Waals surface area contributed by atoms with E-state index in [2.05, 4.69) is 0 Å². The van der Waals surface area contributed by atoms with Gasteiger partial charge in [-0.15, -0.1) is 11.8 Å². The lowest BCUT2D eigenvalue weighted by molar-refractivity contribution is -0.136. The van der Waals surface area contributed by atoms with E-state index in [0.29, 0.717) is 17.0 Å². The third-order valence-corrected chi connectivity index (χ3v) is 5.31. The Hall–Kier alpha value is -1.29. The quantitative estimate of drug-likeness (QED) is 0.899. The predicted octanol–water partition coefficient (Wildman–Crippen LogP) is 3.40. The number of hydrogen-bond donors (Lipinski definition) is 1. The van der Waals surface area contributed by atoms with Crippen molar-refractivity contribution in [2.24, 2.45) is 0 Å². The first-order valence-electron chi connectivity index (χ1n) is 6.68. The van der Waals surface area contributed by atoms with Crippen LogP contribution in [-0.4, -0.2) is 22.6 Å². The topological polar surface area (TPSA) is 54.4 Å². The van der Waals surface area contributed by atoms with Crippen molar-refractivity contribution in [3.63, 3.8) is 0 Å². The van der Waals surface area contributed by atoms with Crippen LogP contribution >= 0.6 is 11.8 Å². The number of carboxylic acids is 1. The molecule has 100 valence electrons. The summed E-state index contributed by atoms with van der Waals surface area (Å²) in [4.78, 5) is 23.2. The number of carbonyl (C=O) groups excluding carboxylic acids is 1. The smallest absolute Gasteiger partial charge is 0.321 e. The maximum atomic E-state index is 12.0. The van der Waals surface area contributed by atoms with Gasteiger partial charge in [-0.3, -0.25) is 9.59 Å². The number of fused-ring (bicyclic) bond motifs is 1. The molecule has 1 saturated carbocycles. The van der Waals surface area contributed by atoms with Crippen molar-refractivity contribution in [1.82, 2.24) is 0 Å². The van der Waals surface area contributed by atoms with Crippen LogP contribution in [0.2, 0.25) is 0 Å². The van der Waals surface area contributed by atoms with Crippen LogP contribution in [0.15, 0.2) is 18.2 Å². The standard InChI is InChI=1S/C15H16O3S/c16-13-8-19-14(15(17)18)11-6-5-10(7-12(11)13)9-3-1-2-4-9/h5-7,9,14H,1-4,8H2,(H,17,18). The molecule has 1 aliphatic heterocycles. The minimum absolute atomic E-state index is 0.0670. The van der Waals surface area contributed by atoms with Crippen LogP contribution < -0.4 is 0 Å². The van der Waals surface area contributed by atoms with E-state index in [-0.39, 0.29) is 11.5 Å². The number of rotatable bonds is 2. The van der Waals surface area contributed by atoms with Crippen molar-refractivity contribution < 1.29 is 14.7 Å². The molecule has 0 aromatic heterocycles. The van der Waals surface area contributed by atoms with Crippen LogP contribution in [0.4, 0.5) is 0 Å². The van der Waals surface area contributed by atoms with Gasteiger partial charge in [0.2, 0.25) is 0 Å². The Morgan fingerprint density at radius 3 is 2.68 bits per heavy atom. The van der Waals surface area contributed by atoms with E-state index in [1.165, 1.54) is 43.0 Å². The molecule has 1 N–H and O–H groups in total. The van der Waals surface area contributed by atoms with Crippen molar-refractivity contribution in [2.75, 3.05) is 5.75 Å². The van der Waals surface area contributed by atoms with E-state index < -0.39 is 11.2 Å². The monoisotopic (exact) mass is 276 g/mol. The van der Waals surface area contributed by atoms with Crippen LogP contribution in [0.25, 0.3) is 0 Å². The molecule has 0 radical (unpaired) electrons. The fourth-order valence-corrected chi connectivity index (χ4v) is 4.09. The van der Waals surface area contributed by atoms with E-state index >= 15 is 0 Å². The Labute approximate surface area is 116 Å². The second-order valence-electron chi connectivity index (χ2n) is 5.28. The van der Waals surface area contributed by atoms with Crippen molar-refractivity contribution in [2.45, 2.75) is 36.9 Å². The van der Waals surface area contributed by atoms with Crippen LogP contribution in [-0.2, 0) is 4.79 Å². The molecule has 0 saturated heterocycles. The molecular weight excluding hydrogens is 260 g/mol. The average molecular weight is 276 g/mol. The van der Waals surface area contributed by atoms with Crippen LogP contribution in [0, 0.1) is 0 Å². The second kappa shape index (κ2) is 5.00. The van der Waals surface area contributed by atoms with Crippen LogP contribution in [0.1, 0.15) is 58.3 Å². The van der Waals surface area contributed by atoms with Gasteiger partial charge in [-0.25, -0.2) is 0 Å². The summed E-state index contributed by atoms with van der Waals surface area (Å²) in [5.41, 5.74) is 2.52. The molecule has 19 heavy (non-hydrogen) atoms. The zero-order valence-electron chi connectivity index (χ0n) is 10.6. The molecule has 3 rings (SSSR count). The normalized spacial score (nSPS) is 23.4. The van der Waals surface area contributed by atoms with Crippen molar-refractivity contribution >= 4 is 23.5 Å². The molecule has 1 heterocycles. The van der Waals surface area contributed by atoms with Crippen LogP contribution in [0.3, 0.4) is 0 Å². The number of hydrogen-bond acceptors (Lipinski definition) is 3. The van der Waals surface area contributed by atoms with Gasteiger partial charge < -0.3 is 5.11 Å². The van der Waals surface area contributed by atoms with E-state index in [0.717, 1.165) is 0 Å². The Bertz CT molecular complexity index is 532. The average Bonchev–Trinajstić information content (AvgIpc) is 2.92. The number of benzene rings is 1. The second-order valence-corrected chi connectivity index (χ2v) is 6.37. The maximum absolute atomic E-state index is 12.0. The summed E-state index contributed by atoms with van der Waals surface area (Å²) < 4.78 is 0. The molecule has 1 fully saturated rings. The molecule has 1 unspecified atom stereocenters. The molecule has 0 bridgehead atoms. The highest BCUT2D eigenvalue weighted by Gasteiger charge is 2.31. The largest absolute Gasteiger partial charge is 0.480 e. The molecule has 1 atom stereocenters. The highest BCUT2D eigenvalue weighted by molar-refractivity contribution is 8.01. The lowest BCUT2D eigenvalue weighted by Gasteiger charge is -2.22. The van der Waals surface area contributed by atoms with Gasteiger partial charge in [0.05, 0.1) is 5.75 Å². The third kappa shape index (κ3) is 2.29. The van der Waals surface area contributed by atoms with Gasteiger partial charge in [-0.1, -0.05) is 25.0 Å². The number of Topliss-reactive ketones (excluding diaryl/α,β-unsaturated/α-hetero) is 1. The fraction of sp³-hybridized carbons (Fsp3) is 0.467. The number of carbonyl (C=O) groups is 2.